The second-order valence-electron chi connectivity index (χ2n) is 4.01. The molecule has 0 aromatic carbocycles. The van der Waals surface area contributed by atoms with Crippen molar-refractivity contribution in [2.45, 2.75) is 52.0 Å². The first-order valence-electron chi connectivity index (χ1n) is 6.00. The lowest BCUT2D eigenvalue weighted by molar-refractivity contribution is 0.0683. The summed E-state index contributed by atoms with van der Waals surface area (Å²) in [4.78, 5) is 10.8. The fourth-order valence-electron chi connectivity index (χ4n) is 1.73. The number of hydrogen-bond donors (Lipinski definition) is 1. The highest BCUT2D eigenvalue weighted by molar-refractivity contribution is 5.85. The predicted molar refractivity (Wildman–Crippen MR) is 62.6 cm³/mol. The number of aromatic carboxylic acids is 1. The van der Waals surface area contributed by atoms with E-state index in [1.807, 2.05) is 0 Å². The van der Waals surface area contributed by atoms with Crippen LogP contribution in [0.15, 0.2) is 12.3 Å². The fourth-order valence-corrected chi connectivity index (χ4v) is 1.73. The van der Waals surface area contributed by atoms with Gasteiger partial charge in [-0.05, 0) is 12.5 Å². The number of unbranched alkanes of at least 4 members (excludes halogenated alkanes) is 5. The molecule has 0 fully saturated rings. The lowest BCUT2D eigenvalue weighted by atomic mass is 10.1. The molecule has 4 nitrogen and oxygen atoms in total. The van der Waals surface area contributed by atoms with Crippen molar-refractivity contribution < 1.29 is 9.90 Å². The molecule has 1 aromatic heterocycles. The van der Waals surface area contributed by atoms with Crippen LogP contribution in [0.4, 0.5) is 0 Å². The van der Waals surface area contributed by atoms with Crippen LogP contribution in [0, 0.1) is 0 Å². The molecule has 0 unspecified atom stereocenters. The third kappa shape index (κ3) is 4.04. The number of nitrogens with zero attached hydrogens (tertiary/aromatic N) is 2. The van der Waals surface area contributed by atoms with E-state index in [9.17, 15) is 4.79 Å². The van der Waals surface area contributed by atoms with Crippen molar-refractivity contribution in [2.24, 2.45) is 0 Å². The normalized spacial score (nSPS) is 10.6. The average Bonchev–Trinajstić information content (AvgIpc) is 2.71. The highest BCUT2D eigenvalue weighted by Crippen LogP contribution is 2.07. The number of aryl methyl sites for hydroxylation is 1. The Morgan fingerprint density at radius 1 is 1.31 bits per heavy atom. The van der Waals surface area contributed by atoms with Crippen LogP contribution < -0.4 is 0 Å². The first-order chi connectivity index (χ1) is 7.75. The van der Waals surface area contributed by atoms with Crippen molar-refractivity contribution in [3.05, 3.63) is 18.0 Å². The highest BCUT2D eigenvalue weighted by Gasteiger charge is 2.08. The van der Waals surface area contributed by atoms with Crippen LogP contribution in [0.3, 0.4) is 0 Å². The van der Waals surface area contributed by atoms with Crippen LogP contribution in [-0.4, -0.2) is 20.9 Å². The Morgan fingerprint density at radius 3 is 2.69 bits per heavy atom. The van der Waals surface area contributed by atoms with Gasteiger partial charge in [0.25, 0.3) is 0 Å². The summed E-state index contributed by atoms with van der Waals surface area (Å²) in [6.07, 6.45) is 8.76. The number of rotatable bonds is 8. The molecule has 0 aliphatic carbocycles. The monoisotopic (exact) mass is 224 g/mol. The van der Waals surface area contributed by atoms with Gasteiger partial charge in [-0.15, -0.1) is 0 Å². The largest absolute Gasteiger partial charge is 0.477 e. The van der Waals surface area contributed by atoms with Crippen LogP contribution in [-0.2, 0) is 6.54 Å². The smallest absolute Gasteiger partial charge is 0.354 e. The summed E-state index contributed by atoms with van der Waals surface area (Å²) in [5.41, 5.74) is 0.286. The maximum Gasteiger partial charge on any atom is 0.354 e. The van der Waals surface area contributed by atoms with E-state index in [1.165, 1.54) is 25.7 Å². The molecule has 0 aliphatic heterocycles. The molecule has 1 rings (SSSR count). The number of carboxylic acids is 1. The summed E-state index contributed by atoms with van der Waals surface area (Å²) in [6.45, 7) is 2.91. The zero-order valence-electron chi connectivity index (χ0n) is 9.85. The lowest BCUT2D eigenvalue weighted by Crippen LogP contribution is -2.09. The molecule has 0 atom stereocenters. The van der Waals surface area contributed by atoms with E-state index in [0.29, 0.717) is 6.54 Å². The number of aromatic nitrogens is 2. The molecule has 16 heavy (non-hydrogen) atoms. The molecule has 0 saturated heterocycles. The Morgan fingerprint density at radius 2 is 2.00 bits per heavy atom. The molecule has 0 amide bonds. The van der Waals surface area contributed by atoms with E-state index in [0.717, 1.165) is 12.8 Å². The Bertz CT molecular complexity index is 321. The lowest BCUT2D eigenvalue weighted by Gasteiger charge is -2.04. The fraction of sp³-hybridized carbons (Fsp3) is 0.667. The van der Waals surface area contributed by atoms with Crippen LogP contribution >= 0.6 is 0 Å². The van der Waals surface area contributed by atoms with Crippen LogP contribution in [0.1, 0.15) is 55.9 Å². The van der Waals surface area contributed by atoms with Crippen LogP contribution in [0.2, 0.25) is 0 Å². The summed E-state index contributed by atoms with van der Waals surface area (Å²) in [7, 11) is 0. The van der Waals surface area contributed by atoms with Crippen molar-refractivity contribution in [1.29, 1.82) is 0 Å². The molecule has 1 aromatic rings. The van der Waals surface area contributed by atoms with Gasteiger partial charge < -0.3 is 5.11 Å². The van der Waals surface area contributed by atoms with Crippen molar-refractivity contribution in [3.8, 4) is 0 Å². The molecule has 0 aliphatic rings. The molecular formula is C12H20N2O2. The standard InChI is InChI=1S/C12H20N2O2/c1-2-3-4-5-6-7-10-14-11(12(15)16)8-9-13-14/h8-9H,2-7,10H2,1H3,(H,15,16). The van der Waals surface area contributed by atoms with E-state index in [-0.39, 0.29) is 5.69 Å². The maximum atomic E-state index is 10.8. The van der Waals surface area contributed by atoms with Gasteiger partial charge in [0, 0.05) is 12.7 Å². The first kappa shape index (κ1) is 12.7. The summed E-state index contributed by atoms with van der Waals surface area (Å²) in [6, 6.07) is 1.54. The summed E-state index contributed by atoms with van der Waals surface area (Å²) in [5.74, 6) is -0.900. The molecule has 1 N–H and O–H groups in total. The second kappa shape index (κ2) is 7.04. The van der Waals surface area contributed by atoms with Gasteiger partial charge in [-0.3, -0.25) is 4.68 Å². The minimum Gasteiger partial charge on any atom is -0.477 e. The maximum absolute atomic E-state index is 10.8. The van der Waals surface area contributed by atoms with Crippen molar-refractivity contribution >= 4 is 5.97 Å². The van der Waals surface area contributed by atoms with Gasteiger partial charge in [-0.1, -0.05) is 39.0 Å². The molecule has 0 spiro atoms. The van der Waals surface area contributed by atoms with E-state index < -0.39 is 5.97 Å². The predicted octanol–water partition coefficient (Wildman–Crippen LogP) is 2.94. The molecule has 1 heterocycles. The third-order valence-corrected chi connectivity index (χ3v) is 2.66. The average molecular weight is 224 g/mol. The molecular weight excluding hydrogens is 204 g/mol. The zero-order valence-corrected chi connectivity index (χ0v) is 9.85. The van der Waals surface area contributed by atoms with Crippen molar-refractivity contribution in [3.63, 3.8) is 0 Å². The third-order valence-electron chi connectivity index (χ3n) is 2.66. The number of carbonyl (C=O) groups is 1. The molecule has 0 radical (unpaired) electrons. The summed E-state index contributed by atoms with van der Waals surface area (Å²) < 4.78 is 1.57. The minimum absolute atomic E-state index is 0.286. The van der Waals surface area contributed by atoms with E-state index in [2.05, 4.69) is 12.0 Å². The van der Waals surface area contributed by atoms with Gasteiger partial charge in [0.2, 0.25) is 0 Å². The highest BCUT2D eigenvalue weighted by atomic mass is 16.4. The second-order valence-corrected chi connectivity index (χ2v) is 4.01. The first-order valence-corrected chi connectivity index (χ1v) is 6.00. The number of hydrogen-bond acceptors (Lipinski definition) is 2. The zero-order chi connectivity index (χ0) is 11.8. The van der Waals surface area contributed by atoms with Gasteiger partial charge in [0.1, 0.15) is 5.69 Å². The van der Waals surface area contributed by atoms with Gasteiger partial charge in [0.15, 0.2) is 0 Å². The molecule has 0 bridgehead atoms. The van der Waals surface area contributed by atoms with E-state index in [4.69, 9.17) is 5.11 Å². The van der Waals surface area contributed by atoms with Gasteiger partial charge in [0.05, 0.1) is 0 Å². The van der Waals surface area contributed by atoms with Crippen molar-refractivity contribution in [1.82, 2.24) is 9.78 Å². The Hall–Kier alpha value is -1.32. The van der Waals surface area contributed by atoms with Crippen LogP contribution in [0.25, 0.3) is 0 Å². The van der Waals surface area contributed by atoms with E-state index in [1.54, 1.807) is 16.9 Å². The minimum atomic E-state index is -0.900. The molecule has 4 heteroatoms. The summed E-state index contributed by atoms with van der Waals surface area (Å²) >= 11 is 0. The Balaban J connectivity index is 2.21. The van der Waals surface area contributed by atoms with Gasteiger partial charge >= 0.3 is 5.97 Å². The Kier molecular flexibility index (Phi) is 5.61. The molecule has 90 valence electrons. The molecule has 0 saturated carbocycles. The summed E-state index contributed by atoms with van der Waals surface area (Å²) in [5, 5.41) is 12.9. The van der Waals surface area contributed by atoms with Crippen LogP contribution in [0.5, 0.6) is 0 Å². The topological polar surface area (TPSA) is 55.1 Å². The number of carboxylic acid groups (broad SMARTS) is 1. The quantitative estimate of drug-likeness (QED) is 0.691. The van der Waals surface area contributed by atoms with E-state index >= 15 is 0 Å². The van der Waals surface area contributed by atoms with Crippen molar-refractivity contribution in [2.75, 3.05) is 0 Å². The Labute approximate surface area is 96.3 Å². The van der Waals surface area contributed by atoms with Gasteiger partial charge in [-0.25, -0.2) is 4.79 Å². The SMILES string of the molecule is CCCCCCCCn1nccc1C(=O)O. The van der Waals surface area contributed by atoms with Gasteiger partial charge in [-0.2, -0.15) is 5.10 Å².